The van der Waals surface area contributed by atoms with Crippen LogP contribution in [0.4, 0.5) is 0 Å². The third-order valence-corrected chi connectivity index (χ3v) is 2.33. The smallest absolute Gasteiger partial charge is 0.305 e. The first-order valence-corrected chi connectivity index (χ1v) is 5.05. The maximum absolute atomic E-state index is 10.8. The van der Waals surface area contributed by atoms with Crippen molar-refractivity contribution >= 4 is 17.6 Å². The fraction of sp³-hybridized carbons (Fsp3) is 0.364. The number of halogens is 1. The summed E-state index contributed by atoms with van der Waals surface area (Å²) < 4.78 is 4.51. The van der Waals surface area contributed by atoms with Crippen molar-refractivity contribution in [2.75, 3.05) is 7.11 Å². The molecule has 0 spiro atoms. The molecule has 0 saturated heterocycles. The van der Waals surface area contributed by atoms with Gasteiger partial charge in [-0.25, -0.2) is 0 Å². The molecule has 0 radical (unpaired) electrons. The van der Waals surface area contributed by atoms with Gasteiger partial charge < -0.3 is 9.84 Å². The van der Waals surface area contributed by atoms with Gasteiger partial charge in [-0.05, 0) is 36.6 Å². The summed E-state index contributed by atoms with van der Waals surface area (Å²) in [6.45, 7) is 0. The highest BCUT2D eigenvalue weighted by Crippen LogP contribution is 2.23. The maximum Gasteiger partial charge on any atom is 0.305 e. The van der Waals surface area contributed by atoms with Gasteiger partial charge in [-0.3, -0.25) is 4.79 Å². The van der Waals surface area contributed by atoms with Crippen LogP contribution in [-0.4, -0.2) is 18.2 Å². The Morgan fingerprint density at radius 3 is 2.93 bits per heavy atom. The monoisotopic (exact) mass is 228 g/mol. The lowest BCUT2D eigenvalue weighted by Crippen LogP contribution is -2.00. The molecule has 0 heterocycles. The van der Waals surface area contributed by atoms with Crippen LogP contribution in [0.15, 0.2) is 18.2 Å². The second kappa shape index (κ2) is 5.61. The lowest BCUT2D eigenvalue weighted by molar-refractivity contribution is -0.140. The van der Waals surface area contributed by atoms with Gasteiger partial charge in [0.25, 0.3) is 0 Å². The van der Waals surface area contributed by atoms with Crippen LogP contribution in [0.3, 0.4) is 0 Å². The SMILES string of the molecule is COC(=O)CCCc1cc(Cl)ccc1O. The Kier molecular flexibility index (Phi) is 4.43. The summed E-state index contributed by atoms with van der Waals surface area (Å²) in [6, 6.07) is 4.88. The summed E-state index contributed by atoms with van der Waals surface area (Å²) in [5.74, 6) is -0.0271. The molecule has 0 fully saturated rings. The predicted molar refractivity (Wildman–Crippen MR) is 58.1 cm³/mol. The topological polar surface area (TPSA) is 46.5 Å². The zero-order valence-corrected chi connectivity index (χ0v) is 9.25. The van der Waals surface area contributed by atoms with Crippen LogP contribution in [0.1, 0.15) is 18.4 Å². The number of ether oxygens (including phenoxy) is 1. The summed E-state index contributed by atoms with van der Waals surface area (Å²) in [7, 11) is 1.36. The number of aromatic hydroxyl groups is 1. The molecule has 3 nitrogen and oxygen atoms in total. The standard InChI is InChI=1S/C11H13ClO3/c1-15-11(14)4-2-3-8-7-9(12)5-6-10(8)13/h5-7,13H,2-4H2,1H3. The number of hydrogen-bond acceptors (Lipinski definition) is 3. The third kappa shape index (κ3) is 3.80. The highest BCUT2D eigenvalue weighted by atomic mass is 35.5. The molecule has 0 atom stereocenters. The Hall–Kier alpha value is -1.22. The van der Waals surface area contributed by atoms with Gasteiger partial charge in [0.2, 0.25) is 0 Å². The van der Waals surface area contributed by atoms with E-state index in [-0.39, 0.29) is 11.7 Å². The van der Waals surface area contributed by atoms with E-state index in [0.29, 0.717) is 24.3 Å². The van der Waals surface area contributed by atoms with Gasteiger partial charge in [0, 0.05) is 11.4 Å². The lowest BCUT2D eigenvalue weighted by atomic mass is 10.1. The molecule has 1 aromatic rings. The van der Waals surface area contributed by atoms with E-state index in [2.05, 4.69) is 4.74 Å². The van der Waals surface area contributed by atoms with Crippen LogP contribution in [0.2, 0.25) is 5.02 Å². The number of rotatable bonds is 4. The molecular formula is C11H13ClO3. The van der Waals surface area contributed by atoms with Crippen molar-refractivity contribution in [1.29, 1.82) is 0 Å². The summed E-state index contributed by atoms with van der Waals surface area (Å²) in [6.07, 6.45) is 1.60. The van der Waals surface area contributed by atoms with E-state index in [0.717, 1.165) is 5.56 Å². The van der Waals surface area contributed by atoms with E-state index in [1.165, 1.54) is 7.11 Å². The first kappa shape index (κ1) is 11.9. The number of benzene rings is 1. The van der Waals surface area contributed by atoms with Gasteiger partial charge in [-0.15, -0.1) is 0 Å². The largest absolute Gasteiger partial charge is 0.508 e. The molecule has 0 aliphatic carbocycles. The molecule has 0 saturated carbocycles. The summed E-state index contributed by atoms with van der Waals surface area (Å²) in [5, 5.41) is 10.1. The first-order valence-electron chi connectivity index (χ1n) is 4.67. The van der Waals surface area contributed by atoms with E-state index in [1.807, 2.05) is 0 Å². The number of hydrogen-bond donors (Lipinski definition) is 1. The van der Waals surface area contributed by atoms with Crippen molar-refractivity contribution in [3.05, 3.63) is 28.8 Å². The second-order valence-corrected chi connectivity index (χ2v) is 3.64. The average molecular weight is 229 g/mol. The van der Waals surface area contributed by atoms with Gasteiger partial charge in [-0.2, -0.15) is 0 Å². The Bertz CT molecular complexity index is 350. The molecule has 0 aliphatic heterocycles. The van der Waals surface area contributed by atoms with Crippen molar-refractivity contribution in [1.82, 2.24) is 0 Å². The van der Waals surface area contributed by atoms with Crippen molar-refractivity contribution in [3.63, 3.8) is 0 Å². The Morgan fingerprint density at radius 2 is 2.27 bits per heavy atom. The van der Waals surface area contributed by atoms with Crippen molar-refractivity contribution < 1.29 is 14.6 Å². The van der Waals surface area contributed by atoms with Gasteiger partial charge in [0.05, 0.1) is 7.11 Å². The van der Waals surface area contributed by atoms with Crippen LogP contribution >= 0.6 is 11.6 Å². The molecule has 0 amide bonds. The van der Waals surface area contributed by atoms with E-state index in [9.17, 15) is 9.90 Å². The zero-order chi connectivity index (χ0) is 11.3. The quantitative estimate of drug-likeness (QED) is 0.806. The Labute approximate surface area is 93.6 Å². The Balaban J connectivity index is 2.50. The van der Waals surface area contributed by atoms with Crippen LogP contribution in [0.25, 0.3) is 0 Å². The number of aryl methyl sites for hydroxylation is 1. The van der Waals surface area contributed by atoms with Gasteiger partial charge in [-0.1, -0.05) is 11.6 Å². The number of phenolic OH excluding ortho intramolecular Hbond substituents is 1. The molecule has 0 unspecified atom stereocenters. The van der Waals surface area contributed by atoms with Crippen LogP contribution in [0.5, 0.6) is 5.75 Å². The minimum Gasteiger partial charge on any atom is -0.508 e. The normalized spacial score (nSPS) is 10.0. The summed E-state index contributed by atoms with van der Waals surface area (Å²) in [5.41, 5.74) is 0.756. The van der Waals surface area contributed by atoms with E-state index >= 15 is 0 Å². The van der Waals surface area contributed by atoms with Gasteiger partial charge in [0.15, 0.2) is 0 Å². The minimum absolute atomic E-state index is 0.212. The summed E-state index contributed by atoms with van der Waals surface area (Å²) in [4.78, 5) is 10.8. The number of phenols is 1. The number of esters is 1. The maximum atomic E-state index is 10.8. The number of carbonyl (C=O) groups is 1. The molecule has 1 aromatic carbocycles. The first-order chi connectivity index (χ1) is 7.13. The van der Waals surface area contributed by atoms with Crippen LogP contribution in [-0.2, 0) is 16.0 Å². The van der Waals surface area contributed by atoms with Gasteiger partial charge in [0.1, 0.15) is 5.75 Å². The van der Waals surface area contributed by atoms with Crippen molar-refractivity contribution in [2.45, 2.75) is 19.3 Å². The second-order valence-electron chi connectivity index (χ2n) is 3.20. The zero-order valence-electron chi connectivity index (χ0n) is 8.50. The highest BCUT2D eigenvalue weighted by Gasteiger charge is 2.04. The van der Waals surface area contributed by atoms with Gasteiger partial charge >= 0.3 is 5.97 Å². The molecule has 1 rings (SSSR count). The number of carbonyl (C=O) groups excluding carboxylic acids is 1. The fourth-order valence-electron chi connectivity index (χ4n) is 1.28. The third-order valence-electron chi connectivity index (χ3n) is 2.10. The highest BCUT2D eigenvalue weighted by molar-refractivity contribution is 6.30. The molecule has 4 heteroatoms. The number of methoxy groups -OCH3 is 1. The van der Waals surface area contributed by atoms with Crippen molar-refractivity contribution in [2.24, 2.45) is 0 Å². The van der Waals surface area contributed by atoms with Crippen molar-refractivity contribution in [3.8, 4) is 5.75 Å². The van der Waals surface area contributed by atoms with Crippen LogP contribution in [0, 0.1) is 0 Å². The minimum atomic E-state index is -0.239. The molecular weight excluding hydrogens is 216 g/mol. The molecule has 82 valence electrons. The fourth-order valence-corrected chi connectivity index (χ4v) is 1.47. The predicted octanol–water partition coefficient (Wildman–Crippen LogP) is 2.54. The average Bonchev–Trinajstić information content (AvgIpc) is 2.23. The van der Waals surface area contributed by atoms with E-state index < -0.39 is 0 Å². The summed E-state index contributed by atoms with van der Waals surface area (Å²) >= 11 is 5.78. The molecule has 0 aromatic heterocycles. The lowest BCUT2D eigenvalue weighted by Gasteiger charge is -2.04. The van der Waals surface area contributed by atoms with E-state index in [4.69, 9.17) is 11.6 Å². The molecule has 0 aliphatic rings. The molecule has 1 N–H and O–H groups in total. The Morgan fingerprint density at radius 1 is 1.53 bits per heavy atom. The van der Waals surface area contributed by atoms with E-state index in [1.54, 1.807) is 18.2 Å². The van der Waals surface area contributed by atoms with Crippen LogP contribution < -0.4 is 0 Å². The molecule has 0 bridgehead atoms. The molecule has 15 heavy (non-hydrogen) atoms.